The molecule has 0 spiro atoms. The number of anilines is 1. The van der Waals surface area contributed by atoms with Crippen LogP contribution in [0.15, 0.2) is 73.1 Å². The van der Waals surface area contributed by atoms with E-state index in [9.17, 15) is 4.79 Å². The minimum absolute atomic E-state index is 0.221. The average molecular weight is 414 g/mol. The van der Waals surface area contributed by atoms with Crippen molar-refractivity contribution in [1.29, 1.82) is 0 Å². The van der Waals surface area contributed by atoms with E-state index in [0.29, 0.717) is 11.3 Å². The Labute approximate surface area is 176 Å². The first-order valence-corrected chi connectivity index (χ1v) is 10.3. The van der Waals surface area contributed by atoms with Crippen LogP contribution in [-0.2, 0) is 6.61 Å². The van der Waals surface area contributed by atoms with Crippen LogP contribution in [0.3, 0.4) is 0 Å². The number of amides is 1. The summed E-state index contributed by atoms with van der Waals surface area (Å²) >= 11 is 1.60. The monoisotopic (exact) mass is 414 g/mol. The molecule has 0 aliphatic rings. The number of carbonyl (C=O) groups excluding carboxylic acids is 1. The zero-order valence-electron chi connectivity index (χ0n) is 16.2. The molecule has 0 aliphatic heterocycles. The number of pyridine rings is 1. The molecular weight excluding hydrogens is 396 g/mol. The van der Waals surface area contributed by atoms with E-state index in [2.05, 4.69) is 15.3 Å². The summed E-state index contributed by atoms with van der Waals surface area (Å²) in [5.74, 6) is 0.294. The van der Waals surface area contributed by atoms with E-state index in [4.69, 9.17) is 4.74 Å². The Hall–Kier alpha value is -3.71. The zero-order valence-corrected chi connectivity index (χ0v) is 17.0. The lowest BCUT2D eigenvalue weighted by molar-refractivity contribution is 0.102. The number of ether oxygens (including phenoxy) is 1. The number of para-hydroxylation sites is 1. The second-order valence-electron chi connectivity index (χ2n) is 6.85. The number of benzene rings is 2. The third-order valence-corrected chi connectivity index (χ3v) is 5.61. The number of rotatable bonds is 5. The predicted molar refractivity (Wildman–Crippen MR) is 118 cm³/mol. The first-order chi connectivity index (χ1) is 14.7. The van der Waals surface area contributed by atoms with Crippen molar-refractivity contribution in [2.24, 2.45) is 0 Å². The van der Waals surface area contributed by atoms with Gasteiger partial charge in [0, 0.05) is 18.1 Å². The van der Waals surface area contributed by atoms with Crippen molar-refractivity contribution in [3.05, 3.63) is 89.3 Å². The Morgan fingerprint density at radius 2 is 1.97 bits per heavy atom. The molecule has 7 heteroatoms. The number of carbonyl (C=O) groups is 1. The molecule has 0 fully saturated rings. The maximum absolute atomic E-state index is 12.9. The summed E-state index contributed by atoms with van der Waals surface area (Å²) in [6, 6.07) is 18.8. The largest absolute Gasteiger partial charge is 0.486 e. The average Bonchev–Trinajstić information content (AvgIpc) is 3.34. The molecule has 0 saturated carbocycles. The van der Waals surface area contributed by atoms with Crippen molar-refractivity contribution in [2.75, 3.05) is 5.32 Å². The lowest BCUT2D eigenvalue weighted by atomic mass is 10.2. The van der Waals surface area contributed by atoms with Gasteiger partial charge in [0.2, 0.25) is 0 Å². The summed E-state index contributed by atoms with van der Waals surface area (Å²) in [6.07, 6.45) is 3.86. The smallest absolute Gasteiger partial charge is 0.259 e. The number of hydrogen-bond acceptors (Lipinski definition) is 5. The van der Waals surface area contributed by atoms with E-state index in [1.54, 1.807) is 23.5 Å². The Morgan fingerprint density at radius 3 is 2.87 bits per heavy atom. The quantitative estimate of drug-likeness (QED) is 0.435. The van der Waals surface area contributed by atoms with Crippen LogP contribution in [0.1, 0.15) is 21.1 Å². The lowest BCUT2D eigenvalue weighted by Crippen LogP contribution is -2.13. The molecule has 0 saturated heterocycles. The Kier molecular flexibility index (Phi) is 4.65. The molecule has 30 heavy (non-hydrogen) atoms. The zero-order chi connectivity index (χ0) is 20.5. The highest BCUT2D eigenvalue weighted by atomic mass is 32.1. The molecule has 3 heterocycles. The van der Waals surface area contributed by atoms with Crippen LogP contribution in [0.5, 0.6) is 5.75 Å². The molecule has 0 bridgehead atoms. The molecule has 2 aromatic carbocycles. The van der Waals surface area contributed by atoms with E-state index in [-0.39, 0.29) is 12.5 Å². The third-order valence-electron chi connectivity index (χ3n) is 4.67. The normalized spacial score (nSPS) is 11.1. The van der Waals surface area contributed by atoms with Gasteiger partial charge in [-0.2, -0.15) is 0 Å². The number of aryl methyl sites for hydroxylation is 1. The van der Waals surface area contributed by atoms with Crippen molar-refractivity contribution in [3.63, 3.8) is 0 Å². The molecule has 148 valence electrons. The highest BCUT2D eigenvalue weighted by Gasteiger charge is 2.14. The van der Waals surface area contributed by atoms with Crippen LogP contribution in [0.4, 0.5) is 5.69 Å². The molecule has 0 radical (unpaired) electrons. The highest BCUT2D eigenvalue weighted by molar-refractivity contribution is 7.18. The predicted octanol–water partition coefficient (Wildman–Crippen LogP) is 5.08. The maximum atomic E-state index is 12.9. The number of imidazole rings is 1. The Bertz CT molecular complexity index is 1340. The standard InChI is InChI=1S/C23H18N4O2S/c1-15-24-19-10-9-16(12-21(19)30-15)26-23(28)18-6-2-3-7-20(18)29-14-17-13-27-11-5-4-8-22(27)25-17/h2-13H,14H2,1H3,(H,26,28). The molecular formula is C23H18N4O2S. The van der Waals surface area contributed by atoms with E-state index in [1.807, 2.05) is 72.2 Å². The summed E-state index contributed by atoms with van der Waals surface area (Å²) in [4.78, 5) is 21.9. The molecule has 3 aromatic heterocycles. The number of thiazole rings is 1. The van der Waals surface area contributed by atoms with Gasteiger partial charge in [0.1, 0.15) is 18.0 Å². The summed E-state index contributed by atoms with van der Waals surface area (Å²) in [5, 5.41) is 3.96. The van der Waals surface area contributed by atoms with Gasteiger partial charge in [0.15, 0.2) is 0 Å². The van der Waals surface area contributed by atoms with Crippen LogP contribution >= 0.6 is 11.3 Å². The molecule has 5 rings (SSSR count). The Morgan fingerprint density at radius 1 is 1.10 bits per heavy atom. The second kappa shape index (κ2) is 7.61. The molecule has 0 aliphatic carbocycles. The van der Waals surface area contributed by atoms with Crippen LogP contribution < -0.4 is 10.1 Å². The minimum Gasteiger partial charge on any atom is -0.486 e. The van der Waals surface area contributed by atoms with Crippen molar-refractivity contribution >= 4 is 38.8 Å². The molecule has 5 aromatic rings. The number of nitrogens with zero attached hydrogens (tertiary/aromatic N) is 3. The first-order valence-electron chi connectivity index (χ1n) is 9.49. The molecule has 1 amide bonds. The Balaban J connectivity index is 1.34. The number of fused-ring (bicyclic) bond motifs is 2. The number of aromatic nitrogens is 3. The van der Waals surface area contributed by atoms with Gasteiger partial charge in [0.25, 0.3) is 5.91 Å². The van der Waals surface area contributed by atoms with Gasteiger partial charge in [-0.25, -0.2) is 9.97 Å². The van der Waals surface area contributed by atoms with Gasteiger partial charge in [-0.15, -0.1) is 11.3 Å². The van der Waals surface area contributed by atoms with Crippen LogP contribution in [0, 0.1) is 6.92 Å². The van der Waals surface area contributed by atoms with Gasteiger partial charge in [-0.1, -0.05) is 18.2 Å². The van der Waals surface area contributed by atoms with Gasteiger partial charge in [0.05, 0.1) is 26.5 Å². The van der Waals surface area contributed by atoms with Crippen molar-refractivity contribution in [3.8, 4) is 5.75 Å². The number of nitrogens with one attached hydrogen (secondary N) is 1. The highest BCUT2D eigenvalue weighted by Crippen LogP contribution is 2.26. The van der Waals surface area contributed by atoms with E-state index < -0.39 is 0 Å². The molecule has 0 unspecified atom stereocenters. The second-order valence-corrected chi connectivity index (χ2v) is 8.09. The lowest BCUT2D eigenvalue weighted by Gasteiger charge is -2.11. The molecule has 0 atom stereocenters. The van der Waals surface area contributed by atoms with E-state index in [0.717, 1.165) is 32.3 Å². The summed E-state index contributed by atoms with van der Waals surface area (Å²) < 4.78 is 8.92. The molecule has 1 N–H and O–H groups in total. The summed E-state index contributed by atoms with van der Waals surface area (Å²) in [6.45, 7) is 2.25. The van der Waals surface area contributed by atoms with Gasteiger partial charge in [-0.3, -0.25) is 4.79 Å². The fourth-order valence-electron chi connectivity index (χ4n) is 3.30. The first kappa shape index (κ1) is 18.3. The maximum Gasteiger partial charge on any atom is 0.259 e. The fourth-order valence-corrected chi connectivity index (χ4v) is 4.17. The minimum atomic E-state index is -0.221. The van der Waals surface area contributed by atoms with E-state index >= 15 is 0 Å². The summed E-state index contributed by atoms with van der Waals surface area (Å²) in [5.41, 5.74) is 3.79. The number of hydrogen-bond donors (Lipinski definition) is 1. The van der Waals surface area contributed by atoms with Gasteiger partial charge in [-0.05, 0) is 49.4 Å². The topological polar surface area (TPSA) is 68.5 Å². The van der Waals surface area contributed by atoms with Crippen molar-refractivity contribution in [2.45, 2.75) is 13.5 Å². The fraction of sp³-hybridized carbons (Fsp3) is 0.0870. The summed E-state index contributed by atoms with van der Waals surface area (Å²) in [7, 11) is 0. The van der Waals surface area contributed by atoms with E-state index in [1.165, 1.54) is 0 Å². The third kappa shape index (κ3) is 3.62. The van der Waals surface area contributed by atoms with Crippen molar-refractivity contribution in [1.82, 2.24) is 14.4 Å². The van der Waals surface area contributed by atoms with Gasteiger partial charge >= 0.3 is 0 Å². The van der Waals surface area contributed by atoms with Crippen molar-refractivity contribution < 1.29 is 9.53 Å². The van der Waals surface area contributed by atoms with Gasteiger partial charge < -0.3 is 14.5 Å². The van der Waals surface area contributed by atoms with Crippen LogP contribution in [0.25, 0.3) is 15.9 Å². The molecule has 6 nitrogen and oxygen atoms in total. The van der Waals surface area contributed by atoms with Crippen LogP contribution in [-0.4, -0.2) is 20.3 Å². The SMILES string of the molecule is Cc1nc2ccc(NC(=O)c3ccccc3OCc3cn4ccccc4n3)cc2s1. The van der Waals surface area contributed by atoms with Crippen LogP contribution in [0.2, 0.25) is 0 Å².